The molecular weight excluding hydrogens is 363 g/mol. The van der Waals surface area contributed by atoms with E-state index in [0.29, 0.717) is 19.5 Å². The van der Waals surface area contributed by atoms with Gasteiger partial charge in [-0.1, -0.05) is 12.1 Å². The van der Waals surface area contributed by atoms with Crippen LogP contribution in [0.25, 0.3) is 0 Å². The van der Waals surface area contributed by atoms with Crippen LogP contribution in [-0.2, 0) is 25.7 Å². The zero-order valence-corrected chi connectivity index (χ0v) is 14.6. The zero-order valence-electron chi connectivity index (χ0n) is 14.6. The molecule has 3 rings (SSSR count). The van der Waals surface area contributed by atoms with Gasteiger partial charge >= 0.3 is 17.9 Å². The van der Waals surface area contributed by atoms with Gasteiger partial charge in [-0.05, 0) is 31.4 Å². The number of nitrogens with one attached hydrogen (secondary N) is 2. The number of rotatable bonds is 5. The molecular formula is C17H20F3N5O2. The molecule has 7 nitrogen and oxygen atoms in total. The van der Waals surface area contributed by atoms with E-state index in [-0.39, 0.29) is 17.9 Å². The number of fused-ring (bicyclic) bond motifs is 1. The van der Waals surface area contributed by atoms with E-state index in [4.69, 9.17) is 0 Å². The predicted octanol–water partition coefficient (Wildman–Crippen LogP) is 2.61. The number of hydrogen-bond donors (Lipinski definition) is 2. The molecule has 0 radical (unpaired) electrons. The molecule has 2 heterocycles. The van der Waals surface area contributed by atoms with Crippen LogP contribution < -0.4 is 16.3 Å². The number of carbonyl (C=O) groups excluding carboxylic acids is 1. The maximum absolute atomic E-state index is 12.9. The Morgan fingerprint density at radius 2 is 2.00 bits per heavy atom. The molecule has 0 saturated heterocycles. The van der Waals surface area contributed by atoms with E-state index in [1.54, 1.807) is 4.57 Å². The largest absolute Gasteiger partial charge is 0.418 e. The first-order valence-electron chi connectivity index (χ1n) is 8.74. The van der Waals surface area contributed by atoms with E-state index in [9.17, 15) is 22.8 Å². The van der Waals surface area contributed by atoms with Crippen LogP contribution in [0.2, 0.25) is 0 Å². The minimum Gasteiger partial charge on any atom is -0.338 e. The third-order valence-electron chi connectivity index (χ3n) is 4.34. The highest BCUT2D eigenvalue weighted by atomic mass is 19.4. The SMILES string of the molecule is O=C(NCCCn1nc2n(c1=O)CCCC2)Nc1ccccc1C(F)(F)F. The molecule has 0 bridgehead atoms. The molecule has 0 unspecified atom stereocenters. The van der Waals surface area contributed by atoms with E-state index in [1.165, 1.54) is 22.9 Å². The summed E-state index contributed by atoms with van der Waals surface area (Å²) in [5, 5.41) is 8.99. The Morgan fingerprint density at radius 3 is 2.74 bits per heavy atom. The van der Waals surface area contributed by atoms with Crippen molar-refractivity contribution in [1.82, 2.24) is 19.7 Å². The van der Waals surface area contributed by atoms with Crippen molar-refractivity contribution in [3.8, 4) is 0 Å². The van der Waals surface area contributed by atoms with Crippen molar-refractivity contribution in [3.05, 3.63) is 46.1 Å². The molecule has 0 spiro atoms. The van der Waals surface area contributed by atoms with E-state index < -0.39 is 17.8 Å². The number of nitrogens with zero attached hydrogens (tertiary/aromatic N) is 3. The van der Waals surface area contributed by atoms with Gasteiger partial charge in [-0.15, -0.1) is 0 Å². The maximum Gasteiger partial charge on any atom is 0.418 e. The third-order valence-corrected chi connectivity index (χ3v) is 4.34. The third kappa shape index (κ3) is 4.50. The van der Waals surface area contributed by atoms with Crippen molar-refractivity contribution in [2.75, 3.05) is 11.9 Å². The lowest BCUT2D eigenvalue weighted by atomic mass is 10.1. The second-order valence-corrected chi connectivity index (χ2v) is 6.31. The molecule has 10 heteroatoms. The highest BCUT2D eigenvalue weighted by Gasteiger charge is 2.33. The number of aryl methyl sites for hydroxylation is 2. The smallest absolute Gasteiger partial charge is 0.338 e. The first-order valence-corrected chi connectivity index (χ1v) is 8.74. The van der Waals surface area contributed by atoms with Gasteiger partial charge in [-0.25, -0.2) is 14.3 Å². The summed E-state index contributed by atoms with van der Waals surface area (Å²) >= 11 is 0. The Labute approximate surface area is 153 Å². The highest BCUT2D eigenvalue weighted by molar-refractivity contribution is 5.90. The first kappa shape index (κ1) is 19.0. The summed E-state index contributed by atoms with van der Waals surface area (Å²) in [7, 11) is 0. The normalized spacial score (nSPS) is 13.9. The molecule has 0 fully saturated rings. The molecule has 27 heavy (non-hydrogen) atoms. The lowest BCUT2D eigenvalue weighted by Crippen LogP contribution is -2.32. The summed E-state index contributed by atoms with van der Waals surface area (Å²) in [6.45, 7) is 1.21. The first-order chi connectivity index (χ1) is 12.9. The van der Waals surface area contributed by atoms with Crippen LogP contribution in [-0.4, -0.2) is 26.9 Å². The Hall–Kier alpha value is -2.78. The van der Waals surface area contributed by atoms with E-state index >= 15 is 0 Å². The Bertz CT molecular complexity index is 872. The van der Waals surface area contributed by atoms with Crippen molar-refractivity contribution in [1.29, 1.82) is 0 Å². The van der Waals surface area contributed by atoms with Gasteiger partial charge in [0, 0.05) is 26.1 Å². The van der Waals surface area contributed by atoms with Crippen LogP contribution in [0.5, 0.6) is 0 Å². The van der Waals surface area contributed by atoms with Gasteiger partial charge in [-0.2, -0.15) is 18.3 Å². The average Bonchev–Trinajstić information content (AvgIpc) is 2.95. The number of amides is 2. The Morgan fingerprint density at radius 1 is 1.22 bits per heavy atom. The fourth-order valence-electron chi connectivity index (χ4n) is 3.03. The summed E-state index contributed by atoms with van der Waals surface area (Å²) in [6, 6.07) is 4.04. The number of urea groups is 1. The summed E-state index contributed by atoms with van der Waals surface area (Å²) in [4.78, 5) is 24.0. The number of para-hydroxylation sites is 1. The molecule has 2 aromatic rings. The van der Waals surface area contributed by atoms with Crippen LogP contribution >= 0.6 is 0 Å². The average molecular weight is 383 g/mol. The van der Waals surface area contributed by atoms with Gasteiger partial charge in [0.1, 0.15) is 5.82 Å². The lowest BCUT2D eigenvalue weighted by molar-refractivity contribution is -0.136. The van der Waals surface area contributed by atoms with Crippen LogP contribution in [0.15, 0.2) is 29.1 Å². The Kier molecular flexibility index (Phi) is 5.52. The number of benzene rings is 1. The van der Waals surface area contributed by atoms with Crippen molar-refractivity contribution in [3.63, 3.8) is 0 Å². The van der Waals surface area contributed by atoms with Crippen molar-refractivity contribution >= 4 is 11.7 Å². The Balaban J connectivity index is 1.50. The van der Waals surface area contributed by atoms with E-state index in [0.717, 1.165) is 31.2 Å². The van der Waals surface area contributed by atoms with Gasteiger partial charge in [0.15, 0.2) is 0 Å². The molecule has 2 amide bonds. The summed E-state index contributed by atoms with van der Waals surface area (Å²) in [6.07, 6.45) is -1.37. The number of carbonyl (C=O) groups is 1. The van der Waals surface area contributed by atoms with Crippen LogP contribution in [0.1, 0.15) is 30.7 Å². The van der Waals surface area contributed by atoms with E-state index in [1.807, 2.05) is 0 Å². The lowest BCUT2D eigenvalue weighted by Gasteiger charge is -2.14. The van der Waals surface area contributed by atoms with Gasteiger partial charge in [0.05, 0.1) is 11.3 Å². The summed E-state index contributed by atoms with van der Waals surface area (Å²) in [5.74, 6) is 0.778. The van der Waals surface area contributed by atoms with Gasteiger partial charge in [-0.3, -0.25) is 4.57 Å². The van der Waals surface area contributed by atoms with Crippen LogP contribution in [0.3, 0.4) is 0 Å². The van der Waals surface area contributed by atoms with Crippen molar-refractivity contribution in [2.45, 2.75) is 44.9 Å². The minimum atomic E-state index is -4.55. The van der Waals surface area contributed by atoms with Gasteiger partial charge in [0.2, 0.25) is 0 Å². The molecule has 0 saturated carbocycles. The molecule has 0 aliphatic carbocycles. The van der Waals surface area contributed by atoms with Gasteiger partial charge in [0.25, 0.3) is 0 Å². The fourth-order valence-corrected chi connectivity index (χ4v) is 3.03. The number of aromatic nitrogens is 3. The molecule has 1 aliphatic heterocycles. The van der Waals surface area contributed by atoms with E-state index in [2.05, 4.69) is 15.7 Å². The fraction of sp³-hybridized carbons (Fsp3) is 0.471. The second kappa shape index (κ2) is 7.85. The number of alkyl halides is 3. The number of anilines is 1. The quantitative estimate of drug-likeness (QED) is 0.779. The number of halogens is 3. The highest BCUT2D eigenvalue weighted by Crippen LogP contribution is 2.34. The van der Waals surface area contributed by atoms with Crippen LogP contribution in [0, 0.1) is 0 Å². The molecule has 2 N–H and O–H groups in total. The van der Waals surface area contributed by atoms with Gasteiger partial charge < -0.3 is 10.6 Å². The zero-order chi connectivity index (χ0) is 19.4. The maximum atomic E-state index is 12.9. The molecule has 146 valence electrons. The summed E-state index contributed by atoms with van der Waals surface area (Å²) in [5.41, 5.74) is -1.37. The van der Waals surface area contributed by atoms with Crippen molar-refractivity contribution in [2.24, 2.45) is 0 Å². The molecule has 1 aromatic heterocycles. The van der Waals surface area contributed by atoms with Crippen LogP contribution in [0.4, 0.5) is 23.7 Å². The monoisotopic (exact) mass is 383 g/mol. The summed E-state index contributed by atoms with van der Waals surface area (Å²) < 4.78 is 41.8. The van der Waals surface area contributed by atoms with Crippen molar-refractivity contribution < 1.29 is 18.0 Å². The molecule has 0 atom stereocenters. The standard InChI is InChI=1S/C17H20F3N5O2/c18-17(19,20)12-6-1-2-7-13(12)22-15(26)21-9-5-11-25-16(27)24-10-4-3-8-14(24)23-25/h1-2,6-7H,3-5,8-11H2,(H2,21,22,26). The molecule has 1 aliphatic rings. The minimum absolute atomic E-state index is 0.159. The second-order valence-electron chi connectivity index (χ2n) is 6.31. The number of hydrogen-bond acceptors (Lipinski definition) is 3. The topological polar surface area (TPSA) is 81.0 Å². The predicted molar refractivity (Wildman–Crippen MR) is 92.5 cm³/mol. The molecule has 1 aromatic carbocycles.